The van der Waals surface area contributed by atoms with Gasteiger partial charge < -0.3 is 5.32 Å². The van der Waals surface area contributed by atoms with Crippen molar-refractivity contribution in [3.63, 3.8) is 0 Å². The van der Waals surface area contributed by atoms with Crippen LogP contribution in [0, 0.1) is 11.8 Å². The van der Waals surface area contributed by atoms with Crippen molar-refractivity contribution >= 4 is 11.8 Å². The number of hydrogen-bond acceptors (Lipinski definition) is 2. The van der Waals surface area contributed by atoms with Crippen molar-refractivity contribution < 1.29 is 0 Å². The zero-order valence-corrected chi connectivity index (χ0v) is 12.1. The summed E-state index contributed by atoms with van der Waals surface area (Å²) in [6.45, 7) is 8.06. The Balaban J connectivity index is 2.26. The van der Waals surface area contributed by atoms with Crippen LogP contribution >= 0.6 is 11.8 Å². The predicted octanol–water partition coefficient (Wildman–Crippen LogP) is 3.93. The number of nitrogens with one attached hydrogen (secondary N) is 1. The van der Waals surface area contributed by atoms with Gasteiger partial charge in [0.2, 0.25) is 0 Å². The number of hydrogen-bond donors (Lipinski definition) is 1. The molecule has 1 rings (SSSR count). The lowest BCUT2D eigenvalue weighted by atomic mass is 9.77. The van der Waals surface area contributed by atoms with E-state index >= 15 is 0 Å². The van der Waals surface area contributed by atoms with E-state index in [-0.39, 0.29) is 0 Å². The van der Waals surface area contributed by atoms with E-state index in [1.54, 1.807) is 0 Å². The summed E-state index contributed by atoms with van der Waals surface area (Å²) in [5.41, 5.74) is 0. The maximum absolute atomic E-state index is 3.69. The molecule has 1 saturated carbocycles. The van der Waals surface area contributed by atoms with E-state index in [0.29, 0.717) is 0 Å². The largest absolute Gasteiger partial charge is 0.314 e. The fourth-order valence-electron chi connectivity index (χ4n) is 2.94. The predicted molar refractivity (Wildman–Crippen MR) is 76.2 cm³/mol. The van der Waals surface area contributed by atoms with Gasteiger partial charge in [0.05, 0.1) is 0 Å². The number of thioether (sulfide) groups is 1. The van der Waals surface area contributed by atoms with Crippen molar-refractivity contribution in [3.05, 3.63) is 0 Å². The zero-order chi connectivity index (χ0) is 11.8. The molecule has 3 atom stereocenters. The van der Waals surface area contributed by atoms with E-state index in [4.69, 9.17) is 0 Å². The first-order chi connectivity index (χ1) is 7.77. The lowest BCUT2D eigenvalue weighted by Crippen LogP contribution is -2.40. The van der Waals surface area contributed by atoms with Crippen LogP contribution in [0.5, 0.6) is 0 Å². The number of rotatable bonds is 7. The third-order valence-electron chi connectivity index (χ3n) is 3.78. The molecule has 1 aliphatic carbocycles. The molecule has 1 nitrogen and oxygen atoms in total. The van der Waals surface area contributed by atoms with Crippen LogP contribution in [0.1, 0.15) is 52.9 Å². The second kappa shape index (κ2) is 8.41. The topological polar surface area (TPSA) is 12.0 Å². The summed E-state index contributed by atoms with van der Waals surface area (Å²) in [5.74, 6) is 4.54. The molecule has 1 fully saturated rings. The van der Waals surface area contributed by atoms with E-state index in [9.17, 15) is 0 Å². The fourth-order valence-corrected chi connectivity index (χ4v) is 3.60. The zero-order valence-electron chi connectivity index (χ0n) is 11.3. The van der Waals surface area contributed by atoms with Gasteiger partial charge in [-0.15, -0.1) is 0 Å². The molecule has 0 aromatic heterocycles. The van der Waals surface area contributed by atoms with Crippen LogP contribution in [0.15, 0.2) is 0 Å². The Morgan fingerprint density at radius 2 is 2.06 bits per heavy atom. The second-order valence-corrected chi connectivity index (χ2v) is 6.58. The first-order valence-corrected chi connectivity index (χ1v) is 8.24. The standard InChI is InChI=1S/C14H29NS/c1-4-15-14-9-8-12(3)11-13(14)7-6-10-16-5-2/h12-15H,4-11H2,1-3H3. The highest BCUT2D eigenvalue weighted by Gasteiger charge is 2.27. The third kappa shape index (κ3) is 5.09. The van der Waals surface area contributed by atoms with Crippen LogP contribution in [0.3, 0.4) is 0 Å². The monoisotopic (exact) mass is 243 g/mol. The Labute approximate surface area is 106 Å². The van der Waals surface area contributed by atoms with Crippen LogP contribution in [-0.4, -0.2) is 24.1 Å². The maximum atomic E-state index is 3.69. The molecule has 0 radical (unpaired) electrons. The van der Waals surface area contributed by atoms with Crippen molar-refractivity contribution in [2.75, 3.05) is 18.1 Å². The van der Waals surface area contributed by atoms with E-state index in [0.717, 1.165) is 24.4 Å². The van der Waals surface area contributed by atoms with Crippen molar-refractivity contribution in [1.82, 2.24) is 5.32 Å². The van der Waals surface area contributed by atoms with Gasteiger partial charge in [-0.1, -0.05) is 20.8 Å². The smallest absolute Gasteiger partial charge is 0.00954 e. The summed E-state index contributed by atoms with van der Waals surface area (Å²) >= 11 is 2.09. The van der Waals surface area contributed by atoms with Crippen molar-refractivity contribution in [3.8, 4) is 0 Å². The van der Waals surface area contributed by atoms with Crippen molar-refractivity contribution in [2.45, 2.75) is 58.9 Å². The summed E-state index contributed by atoms with van der Waals surface area (Å²) in [6.07, 6.45) is 7.14. The molecule has 96 valence electrons. The molecule has 3 unspecified atom stereocenters. The maximum Gasteiger partial charge on any atom is 0.00954 e. The molecule has 0 spiro atoms. The van der Waals surface area contributed by atoms with Gasteiger partial charge in [0.1, 0.15) is 0 Å². The van der Waals surface area contributed by atoms with Gasteiger partial charge in [0, 0.05) is 6.04 Å². The van der Waals surface area contributed by atoms with Gasteiger partial charge in [-0.3, -0.25) is 0 Å². The average molecular weight is 243 g/mol. The molecule has 0 saturated heterocycles. The quantitative estimate of drug-likeness (QED) is 0.680. The normalized spacial score (nSPS) is 30.6. The first kappa shape index (κ1) is 14.4. The van der Waals surface area contributed by atoms with E-state index in [1.807, 2.05) is 0 Å². The lowest BCUT2D eigenvalue weighted by molar-refractivity contribution is 0.204. The Bertz CT molecular complexity index is 172. The molecule has 0 bridgehead atoms. The molecule has 0 aromatic rings. The molecule has 0 aromatic carbocycles. The Hall–Kier alpha value is 0.310. The molecule has 2 heteroatoms. The van der Waals surface area contributed by atoms with Crippen LogP contribution in [0.4, 0.5) is 0 Å². The van der Waals surface area contributed by atoms with Crippen molar-refractivity contribution in [1.29, 1.82) is 0 Å². The Morgan fingerprint density at radius 1 is 1.25 bits per heavy atom. The summed E-state index contributed by atoms with van der Waals surface area (Å²) in [6, 6.07) is 0.813. The van der Waals surface area contributed by atoms with Crippen molar-refractivity contribution in [2.24, 2.45) is 11.8 Å². The van der Waals surface area contributed by atoms with Gasteiger partial charge in [0.15, 0.2) is 0 Å². The van der Waals surface area contributed by atoms with Gasteiger partial charge >= 0.3 is 0 Å². The van der Waals surface area contributed by atoms with Crippen LogP contribution in [0.25, 0.3) is 0 Å². The highest BCUT2D eigenvalue weighted by molar-refractivity contribution is 7.99. The Kier molecular flexibility index (Phi) is 7.55. The van der Waals surface area contributed by atoms with E-state index < -0.39 is 0 Å². The molecular weight excluding hydrogens is 214 g/mol. The Morgan fingerprint density at radius 3 is 2.75 bits per heavy atom. The van der Waals surface area contributed by atoms with Gasteiger partial charge in [-0.05, 0) is 62.0 Å². The van der Waals surface area contributed by atoms with Gasteiger partial charge in [-0.25, -0.2) is 0 Å². The minimum absolute atomic E-state index is 0.813. The average Bonchev–Trinajstić information content (AvgIpc) is 2.28. The molecule has 0 amide bonds. The van der Waals surface area contributed by atoms with Gasteiger partial charge in [-0.2, -0.15) is 11.8 Å². The van der Waals surface area contributed by atoms with Crippen LogP contribution in [0.2, 0.25) is 0 Å². The summed E-state index contributed by atoms with van der Waals surface area (Å²) < 4.78 is 0. The highest BCUT2D eigenvalue weighted by Crippen LogP contribution is 2.32. The highest BCUT2D eigenvalue weighted by atomic mass is 32.2. The molecular formula is C14H29NS. The van der Waals surface area contributed by atoms with Crippen LogP contribution in [-0.2, 0) is 0 Å². The summed E-state index contributed by atoms with van der Waals surface area (Å²) in [4.78, 5) is 0. The fraction of sp³-hybridized carbons (Fsp3) is 1.00. The first-order valence-electron chi connectivity index (χ1n) is 7.09. The molecule has 1 aliphatic rings. The summed E-state index contributed by atoms with van der Waals surface area (Å²) in [7, 11) is 0. The third-order valence-corrected chi connectivity index (χ3v) is 4.76. The molecule has 0 aliphatic heterocycles. The van der Waals surface area contributed by atoms with Gasteiger partial charge in [0.25, 0.3) is 0 Å². The minimum atomic E-state index is 0.813. The minimum Gasteiger partial charge on any atom is -0.314 e. The molecule has 16 heavy (non-hydrogen) atoms. The lowest BCUT2D eigenvalue weighted by Gasteiger charge is -2.35. The molecule has 0 heterocycles. The SMILES string of the molecule is CCNC1CCC(C)CC1CCCSCC. The van der Waals surface area contributed by atoms with Crippen LogP contribution < -0.4 is 5.32 Å². The molecule has 1 N–H and O–H groups in total. The second-order valence-electron chi connectivity index (χ2n) is 5.18. The van der Waals surface area contributed by atoms with E-state index in [2.05, 4.69) is 37.8 Å². The van der Waals surface area contributed by atoms with E-state index in [1.165, 1.54) is 43.6 Å². The summed E-state index contributed by atoms with van der Waals surface area (Å²) in [5, 5.41) is 3.69.